The van der Waals surface area contributed by atoms with Gasteiger partial charge in [0.1, 0.15) is 22.6 Å². The third-order valence-corrected chi connectivity index (χ3v) is 7.45. The Morgan fingerprint density at radius 3 is 2.15 bits per heavy atom. The van der Waals surface area contributed by atoms with Crippen LogP contribution in [0, 0.1) is 0 Å². The minimum Gasteiger partial charge on any atom is -0.493 e. The van der Waals surface area contributed by atoms with Gasteiger partial charge in [-0.3, -0.25) is 4.79 Å². The van der Waals surface area contributed by atoms with Gasteiger partial charge in [-0.2, -0.15) is 0 Å². The third-order valence-electron chi connectivity index (χ3n) is 7.45. The van der Waals surface area contributed by atoms with Crippen molar-refractivity contribution >= 4 is 17.8 Å². The number of ether oxygens (including phenoxy) is 3. The molecular formula is C31H42N2O7. The van der Waals surface area contributed by atoms with Crippen LogP contribution >= 0.6 is 0 Å². The molecule has 3 rings (SSSR count). The minimum atomic E-state index is -1.37. The molecule has 2 aromatic carbocycles. The molecule has 0 bridgehead atoms. The zero-order valence-corrected chi connectivity index (χ0v) is 24.2. The predicted molar refractivity (Wildman–Crippen MR) is 152 cm³/mol. The standard InChI is InChI=1S/C31H42N2O7/c1-6-39-26-17-24(18-27(40-7-2)28(26)22(4)34)21(3)33(16-12-11-15-23-13-9-8-10-14-23)30(37)32-31(29(35)36)19-25(20-31)38-5/h8-10,13-14,17-18,21,25H,6-7,11-12,15-16,19-20H2,1-5H3,(H,32,37)(H,35,36)/t21-,25?,31?/m1/s1. The maximum absolute atomic E-state index is 13.7. The molecule has 2 N–H and O–H groups in total. The number of aliphatic carboxylic acids is 1. The first-order valence-electron chi connectivity index (χ1n) is 14.0. The van der Waals surface area contributed by atoms with Crippen molar-refractivity contribution in [2.75, 3.05) is 26.9 Å². The van der Waals surface area contributed by atoms with E-state index in [0.717, 1.165) is 24.8 Å². The van der Waals surface area contributed by atoms with Crippen molar-refractivity contribution in [3.8, 4) is 11.5 Å². The van der Waals surface area contributed by atoms with Crippen molar-refractivity contribution in [3.05, 3.63) is 59.2 Å². The van der Waals surface area contributed by atoms with Crippen LogP contribution in [0.3, 0.4) is 0 Å². The van der Waals surface area contributed by atoms with Gasteiger partial charge in [-0.05, 0) is 70.2 Å². The molecule has 2 amide bonds. The largest absolute Gasteiger partial charge is 0.493 e. The van der Waals surface area contributed by atoms with E-state index in [1.54, 1.807) is 17.0 Å². The number of hydrogen-bond acceptors (Lipinski definition) is 6. The molecule has 1 fully saturated rings. The van der Waals surface area contributed by atoms with Gasteiger partial charge in [0, 0.05) is 26.5 Å². The highest BCUT2D eigenvalue weighted by molar-refractivity contribution is 6.00. The summed E-state index contributed by atoms with van der Waals surface area (Å²) in [5.41, 5.74) is 0.941. The highest BCUT2D eigenvalue weighted by atomic mass is 16.5. The minimum absolute atomic E-state index is 0.178. The van der Waals surface area contributed by atoms with E-state index in [2.05, 4.69) is 17.4 Å². The van der Waals surface area contributed by atoms with Crippen LogP contribution < -0.4 is 14.8 Å². The molecule has 2 aromatic rings. The highest BCUT2D eigenvalue weighted by Crippen LogP contribution is 2.37. The molecule has 218 valence electrons. The van der Waals surface area contributed by atoms with Gasteiger partial charge >= 0.3 is 12.0 Å². The van der Waals surface area contributed by atoms with E-state index in [9.17, 15) is 19.5 Å². The Labute approximate surface area is 236 Å². The number of carboxylic acid groups (broad SMARTS) is 1. The molecule has 0 radical (unpaired) electrons. The molecule has 0 spiro atoms. The molecule has 0 aliphatic heterocycles. The average molecular weight is 555 g/mol. The Morgan fingerprint density at radius 1 is 1.05 bits per heavy atom. The van der Waals surface area contributed by atoms with E-state index < -0.39 is 23.6 Å². The van der Waals surface area contributed by atoms with Gasteiger partial charge in [0.15, 0.2) is 5.78 Å². The lowest BCUT2D eigenvalue weighted by molar-refractivity contribution is -0.155. The van der Waals surface area contributed by atoms with Crippen LogP contribution in [0.1, 0.15) is 80.9 Å². The molecule has 0 unspecified atom stereocenters. The second-order valence-electron chi connectivity index (χ2n) is 10.2. The Hall–Kier alpha value is -3.59. The fourth-order valence-corrected chi connectivity index (χ4v) is 5.13. The summed E-state index contributed by atoms with van der Waals surface area (Å²) in [6.07, 6.45) is 2.64. The second kappa shape index (κ2) is 14.2. The molecular weight excluding hydrogens is 512 g/mol. The van der Waals surface area contributed by atoms with Crippen molar-refractivity contribution in [2.24, 2.45) is 0 Å². The molecule has 1 aliphatic rings. The highest BCUT2D eigenvalue weighted by Gasteiger charge is 2.52. The first-order chi connectivity index (χ1) is 19.2. The summed E-state index contributed by atoms with van der Waals surface area (Å²) in [4.78, 5) is 40.0. The fourth-order valence-electron chi connectivity index (χ4n) is 5.13. The number of nitrogens with one attached hydrogen (secondary N) is 1. The van der Waals surface area contributed by atoms with Crippen LogP contribution in [0.5, 0.6) is 11.5 Å². The van der Waals surface area contributed by atoms with E-state index in [1.165, 1.54) is 19.6 Å². The zero-order chi connectivity index (χ0) is 29.3. The number of benzene rings is 2. The van der Waals surface area contributed by atoms with Crippen molar-refractivity contribution < 1.29 is 33.7 Å². The average Bonchev–Trinajstić information content (AvgIpc) is 2.90. The summed E-state index contributed by atoms with van der Waals surface area (Å²) in [6.45, 7) is 8.15. The number of amides is 2. The number of unbranched alkanes of at least 4 members (excludes halogenated alkanes) is 1. The maximum Gasteiger partial charge on any atom is 0.329 e. The second-order valence-corrected chi connectivity index (χ2v) is 10.2. The van der Waals surface area contributed by atoms with Gasteiger partial charge in [-0.25, -0.2) is 9.59 Å². The molecule has 0 heterocycles. The fraction of sp³-hybridized carbons (Fsp3) is 0.516. The van der Waals surface area contributed by atoms with E-state index in [4.69, 9.17) is 14.2 Å². The van der Waals surface area contributed by atoms with Crippen LogP contribution in [-0.4, -0.2) is 66.3 Å². The SMILES string of the molecule is CCOc1cc([C@@H](C)N(CCCCc2ccccc2)C(=O)NC2(C(=O)O)CC(OC)C2)cc(OCC)c1C(C)=O. The molecule has 0 aromatic heterocycles. The topological polar surface area (TPSA) is 114 Å². The Bertz CT molecular complexity index is 1130. The number of rotatable bonds is 15. The number of hydrogen-bond donors (Lipinski definition) is 2. The van der Waals surface area contributed by atoms with Gasteiger partial charge in [0.05, 0.1) is 25.4 Å². The van der Waals surface area contributed by atoms with Gasteiger partial charge in [-0.1, -0.05) is 30.3 Å². The van der Waals surface area contributed by atoms with Crippen LogP contribution in [0.4, 0.5) is 4.79 Å². The van der Waals surface area contributed by atoms with Crippen molar-refractivity contribution in [3.63, 3.8) is 0 Å². The van der Waals surface area contributed by atoms with Crippen LogP contribution in [0.25, 0.3) is 0 Å². The molecule has 40 heavy (non-hydrogen) atoms. The van der Waals surface area contributed by atoms with Gasteiger partial charge in [0.2, 0.25) is 0 Å². The monoisotopic (exact) mass is 554 g/mol. The molecule has 1 aliphatic carbocycles. The number of Topliss-reactive ketones (excluding diaryl/α,β-unsaturated/α-hetero) is 1. The Balaban J connectivity index is 1.90. The van der Waals surface area contributed by atoms with Crippen molar-refractivity contribution in [1.29, 1.82) is 0 Å². The smallest absolute Gasteiger partial charge is 0.329 e. The van der Waals surface area contributed by atoms with E-state index in [0.29, 0.717) is 36.8 Å². The summed E-state index contributed by atoms with van der Waals surface area (Å²) in [7, 11) is 1.54. The number of ketones is 1. The molecule has 9 nitrogen and oxygen atoms in total. The first-order valence-corrected chi connectivity index (χ1v) is 14.0. The lowest BCUT2D eigenvalue weighted by Gasteiger charge is -2.45. The summed E-state index contributed by atoms with van der Waals surface area (Å²) in [5, 5.41) is 12.7. The van der Waals surface area contributed by atoms with Gasteiger partial charge in [0.25, 0.3) is 0 Å². The lowest BCUT2D eigenvalue weighted by atomic mass is 9.74. The van der Waals surface area contributed by atoms with Crippen molar-refractivity contribution in [1.82, 2.24) is 10.2 Å². The molecule has 0 saturated heterocycles. The normalized spacial score (nSPS) is 18.8. The first kappa shape index (κ1) is 30.9. The van der Waals surface area contributed by atoms with E-state index in [1.807, 2.05) is 39.0 Å². The lowest BCUT2D eigenvalue weighted by Crippen LogP contribution is -2.66. The number of carbonyl (C=O) groups excluding carboxylic acids is 2. The van der Waals surface area contributed by atoms with Crippen LogP contribution in [0.2, 0.25) is 0 Å². The number of urea groups is 1. The summed E-state index contributed by atoms with van der Waals surface area (Å²) in [5.74, 6) is -0.455. The predicted octanol–water partition coefficient (Wildman–Crippen LogP) is 5.41. The van der Waals surface area contributed by atoms with Crippen LogP contribution in [0.15, 0.2) is 42.5 Å². The number of aryl methyl sites for hydroxylation is 1. The van der Waals surface area contributed by atoms with Gasteiger partial charge in [-0.15, -0.1) is 0 Å². The van der Waals surface area contributed by atoms with Crippen molar-refractivity contribution in [2.45, 2.75) is 77.5 Å². The number of carboxylic acids is 1. The van der Waals surface area contributed by atoms with Gasteiger partial charge < -0.3 is 29.5 Å². The zero-order valence-electron chi connectivity index (χ0n) is 24.2. The Morgan fingerprint density at radius 2 is 1.65 bits per heavy atom. The number of methoxy groups -OCH3 is 1. The third kappa shape index (κ3) is 7.33. The van der Waals surface area contributed by atoms with Crippen LogP contribution in [-0.2, 0) is 16.0 Å². The Kier molecular flexibility index (Phi) is 11.0. The van der Waals surface area contributed by atoms with E-state index in [-0.39, 0.29) is 24.7 Å². The quantitative estimate of drug-likeness (QED) is 0.223. The molecule has 1 saturated carbocycles. The number of carbonyl (C=O) groups is 3. The summed E-state index contributed by atoms with van der Waals surface area (Å²) >= 11 is 0. The summed E-state index contributed by atoms with van der Waals surface area (Å²) in [6, 6.07) is 12.8. The van der Waals surface area contributed by atoms with E-state index >= 15 is 0 Å². The maximum atomic E-state index is 13.7. The number of nitrogens with zero attached hydrogens (tertiary/aromatic N) is 1. The summed E-state index contributed by atoms with van der Waals surface area (Å²) < 4.78 is 16.9. The molecule has 9 heteroatoms. The molecule has 1 atom stereocenters.